The summed E-state index contributed by atoms with van der Waals surface area (Å²) in [7, 11) is 0. The molecule has 5 heteroatoms. The number of rotatable bonds is 2. The number of aliphatic hydroxyl groups is 1. The van der Waals surface area contributed by atoms with Gasteiger partial charge in [0.15, 0.2) is 0 Å². The first kappa shape index (κ1) is 12.4. The molecule has 96 valence electrons. The van der Waals surface area contributed by atoms with Crippen molar-refractivity contribution < 1.29 is 14.7 Å². The minimum Gasteiger partial charge on any atom is -0.394 e. The molecule has 0 radical (unpaired) electrons. The van der Waals surface area contributed by atoms with Crippen LogP contribution in [0.5, 0.6) is 0 Å². The summed E-state index contributed by atoms with van der Waals surface area (Å²) in [6.45, 7) is 1.24. The summed E-state index contributed by atoms with van der Waals surface area (Å²) in [6, 6.07) is -0.0196. The van der Waals surface area contributed by atoms with Crippen molar-refractivity contribution in [3.8, 4) is 0 Å². The van der Waals surface area contributed by atoms with E-state index in [1.54, 1.807) is 0 Å². The minimum atomic E-state index is -0.0974. The topological polar surface area (TPSA) is 69.6 Å². The largest absolute Gasteiger partial charge is 0.394 e. The number of hydrogen-bond acceptors (Lipinski definition) is 3. The zero-order valence-corrected chi connectivity index (χ0v) is 10.0. The van der Waals surface area contributed by atoms with Crippen LogP contribution in [0.25, 0.3) is 0 Å². The quantitative estimate of drug-likeness (QED) is 0.707. The van der Waals surface area contributed by atoms with Gasteiger partial charge in [0.05, 0.1) is 18.6 Å². The number of nitrogens with one attached hydrogen (secondary N) is 1. The van der Waals surface area contributed by atoms with Gasteiger partial charge in [-0.1, -0.05) is 0 Å². The molecule has 2 aliphatic rings. The molecule has 0 saturated carbocycles. The summed E-state index contributed by atoms with van der Waals surface area (Å²) in [5, 5.41) is 12.0. The van der Waals surface area contributed by atoms with Crippen molar-refractivity contribution in [1.29, 1.82) is 0 Å². The number of amides is 2. The molecule has 2 aliphatic heterocycles. The Morgan fingerprint density at radius 3 is 2.88 bits per heavy atom. The predicted molar refractivity (Wildman–Crippen MR) is 62.2 cm³/mol. The molecule has 2 heterocycles. The second-order valence-electron chi connectivity index (χ2n) is 4.90. The zero-order valence-electron chi connectivity index (χ0n) is 10.0. The number of likely N-dealkylation sites (tertiary alicyclic amines) is 1. The van der Waals surface area contributed by atoms with Gasteiger partial charge >= 0.3 is 0 Å². The first-order valence-electron chi connectivity index (χ1n) is 6.40. The molecule has 0 aliphatic carbocycles. The molecule has 2 saturated heterocycles. The fraction of sp³-hybridized carbons (Fsp3) is 0.833. The van der Waals surface area contributed by atoms with Crippen molar-refractivity contribution in [3.63, 3.8) is 0 Å². The molecule has 0 aromatic carbocycles. The molecule has 2 amide bonds. The van der Waals surface area contributed by atoms with Gasteiger partial charge in [0.1, 0.15) is 0 Å². The lowest BCUT2D eigenvalue weighted by atomic mass is 9.94. The summed E-state index contributed by atoms with van der Waals surface area (Å²) in [4.78, 5) is 25.2. The van der Waals surface area contributed by atoms with E-state index in [0.29, 0.717) is 19.4 Å². The summed E-state index contributed by atoms with van der Waals surface area (Å²) in [5.41, 5.74) is 0. The van der Waals surface area contributed by atoms with E-state index < -0.39 is 0 Å². The molecule has 2 fully saturated rings. The van der Waals surface area contributed by atoms with Gasteiger partial charge in [0.2, 0.25) is 11.8 Å². The standard InChI is InChI=1S/C12H20N2O3/c15-8-10-3-1-2-6-14(10)12(17)9-4-5-11(16)13-7-9/h9-10,15H,1-8H2,(H,13,16). The third kappa shape index (κ3) is 2.77. The molecular formula is C12H20N2O3. The van der Waals surface area contributed by atoms with E-state index in [2.05, 4.69) is 5.32 Å². The molecule has 0 aromatic rings. The van der Waals surface area contributed by atoms with E-state index in [9.17, 15) is 14.7 Å². The molecule has 2 rings (SSSR count). The maximum atomic E-state index is 12.3. The van der Waals surface area contributed by atoms with Crippen molar-refractivity contribution in [2.45, 2.75) is 38.1 Å². The molecule has 2 N–H and O–H groups in total. The van der Waals surface area contributed by atoms with Crippen molar-refractivity contribution in [3.05, 3.63) is 0 Å². The van der Waals surface area contributed by atoms with Crippen molar-refractivity contribution >= 4 is 11.8 Å². The van der Waals surface area contributed by atoms with E-state index in [1.165, 1.54) is 0 Å². The predicted octanol–water partition coefficient (Wildman–Crippen LogP) is -0.114. The molecule has 0 spiro atoms. The average molecular weight is 240 g/mol. The van der Waals surface area contributed by atoms with Gasteiger partial charge in [-0.2, -0.15) is 0 Å². The second-order valence-corrected chi connectivity index (χ2v) is 4.90. The Balaban J connectivity index is 1.95. The van der Waals surface area contributed by atoms with E-state index in [4.69, 9.17) is 0 Å². The summed E-state index contributed by atoms with van der Waals surface area (Å²) < 4.78 is 0. The molecule has 5 nitrogen and oxygen atoms in total. The highest BCUT2D eigenvalue weighted by molar-refractivity contribution is 5.84. The number of carbonyl (C=O) groups is 2. The lowest BCUT2D eigenvalue weighted by Crippen LogP contribution is -2.51. The highest BCUT2D eigenvalue weighted by Gasteiger charge is 2.32. The summed E-state index contributed by atoms with van der Waals surface area (Å²) in [5.74, 6) is 0.0370. The Morgan fingerprint density at radius 2 is 2.24 bits per heavy atom. The molecular weight excluding hydrogens is 220 g/mol. The third-order valence-corrected chi connectivity index (χ3v) is 3.74. The van der Waals surface area contributed by atoms with Crippen LogP contribution in [-0.4, -0.2) is 47.6 Å². The molecule has 17 heavy (non-hydrogen) atoms. The highest BCUT2D eigenvalue weighted by atomic mass is 16.3. The number of aliphatic hydroxyl groups excluding tert-OH is 1. The van der Waals surface area contributed by atoms with E-state index in [-0.39, 0.29) is 30.4 Å². The number of carbonyl (C=O) groups excluding carboxylic acids is 2. The van der Waals surface area contributed by atoms with Crippen LogP contribution in [0, 0.1) is 5.92 Å². The van der Waals surface area contributed by atoms with Crippen LogP contribution in [0.3, 0.4) is 0 Å². The molecule has 0 aromatic heterocycles. The van der Waals surface area contributed by atoms with Crippen LogP contribution >= 0.6 is 0 Å². The van der Waals surface area contributed by atoms with Crippen LogP contribution in [0.15, 0.2) is 0 Å². The van der Waals surface area contributed by atoms with E-state index in [0.717, 1.165) is 25.8 Å². The van der Waals surface area contributed by atoms with Gasteiger partial charge in [-0.05, 0) is 25.7 Å². The Hall–Kier alpha value is -1.10. The van der Waals surface area contributed by atoms with Gasteiger partial charge in [0, 0.05) is 19.5 Å². The lowest BCUT2D eigenvalue weighted by molar-refractivity contribution is -0.142. The van der Waals surface area contributed by atoms with Crippen molar-refractivity contribution in [2.24, 2.45) is 5.92 Å². The summed E-state index contributed by atoms with van der Waals surface area (Å²) in [6.07, 6.45) is 4.06. The smallest absolute Gasteiger partial charge is 0.227 e. The molecule has 2 unspecified atom stereocenters. The van der Waals surface area contributed by atoms with Crippen LogP contribution < -0.4 is 5.32 Å². The average Bonchev–Trinajstić information content (AvgIpc) is 2.39. The maximum Gasteiger partial charge on any atom is 0.227 e. The van der Waals surface area contributed by atoms with Gasteiger partial charge in [-0.25, -0.2) is 0 Å². The second kappa shape index (κ2) is 5.49. The van der Waals surface area contributed by atoms with Gasteiger partial charge < -0.3 is 15.3 Å². The van der Waals surface area contributed by atoms with Crippen LogP contribution in [0.2, 0.25) is 0 Å². The summed E-state index contributed by atoms with van der Waals surface area (Å²) >= 11 is 0. The fourth-order valence-electron chi connectivity index (χ4n) is 2.66. The van der Waals surface area contributed by atoms with Crippen LogP contribution in [0.1, 0.15) is 32.1 Å². The monoisotopic (exact) mass is 240 g/mol. The van der Waals surface area contributed by atoms with Crippen LogP contribution in [-0.2, 0) is 9.59 Å². The minimum absolute atomic E-state index is 0.0196. The Labute approximate surface area is 101 Å². The molecule has 2 atom stereocenters. The third-order valence-electron chi connectivity index (χ3n) is 3.74. The zero-order chi connectivity index (χ0) is 12.3. The van der Waals surface area contributed by atoms with E-state index in [1.807, 2.05) is 4.90 Å². The Morgan fingerprint density at radius 1 is 1.41 bits per heavy atom. The van der Waals surface area contributed by atoms with Gasteiger partial charge in [0.25, 0.3) is 0 Å². The number of hydrogen-bond donors (Lipinski definition) is 2. The fourth-order valence-corrected chi connectivity index (χ4v) is 2.66. The maximum absolute atomic E-state index is 12.3. The van der Waals surface area contributed by atoms with Gasteiger partial charge in [-0.3, -0.25) is 9.59 Å². The normalized spacial score (nSPS) is 29.9. The number of nitrogens with zero attached hydrogens (tertiary/aromatic N) is 1. The highest BCUT2D eigenvalue weighted by Crippen LogP contribution is 2.21. The first-order valence-corrected chi connectivity index (χ1v) is 6.40. The van der Waals surface area contributed by atoms with Gasteiger partial charge in [-0.15, -0.1) is 0 Å². The molecule has 0 bridgehead atoms. The van der Waals surface area contributed by atoms with Crippen molar-refractivity contribution in [1.82, 2.24) is 10.2 Å². The van der Waals surface area contributed by atoms with Crippen LogP contribution in [0.4, 0.5) is 0 Å². The van der Waals surface area contributed by atoms with E-state index >= 15 is 0 Å². The lowest BCUT2D eigenvalue weighted by Gasteiger charge is -2.37. The Bertz CT molecular complexity index is 296. The van der Waals surface area contributed by atoms with Crippen molar-refractivity contribution in [2.75, 3.05) is 19.7 Å². The first-order chi connectivity index (χ1) is 8.22. The SMILES string of the molecule is O=C1CCC(C(=O)N2CCCCC2CO)CN1. The Kier molecular flexibility index (Phi) is 3.99. The number of piperidine rings is 2.